The van der Waals surface area contributed by atoms with Crippen LogP contribution in [0.15, 0.2) is 58.1 Å². The van der Waals surface area contributed by atoms with Crippen molar-refractivity contribution in [2.24, 2.45) is 7.05 Å². The second-order valence-electron chi connectivity index (χ2n) is 7.59. The maximum atomic E-state index is 13.4. The Balaban J connectivity index is 1.83. The zero-order valence-electron chi connectivity index (χ0n) is 18.3. The first-order valence-corrected chi connectivity index (χ1v) is 10.8. The van der Waals surface area contributed by atoms with Crippen molar-refractivity contribution >= 4 is 29.1 Å². The van der Waals surface area contributed by atoms with Crippen LogP contribution in [-0.4, -0.2) is 34.0 Å². The van der Waals surface area contributed by atoms with E-state index in [0.717, 1.165) is 10.1 Å². The number of halogens is 1. The van der Waals surface area contributed by atoms with Crippen LogP contribution >= 0.6 is 11.6 Å². The molecule has 1 atom stereocenters. The van der Waals surface area contributed by atoms with Gasteiger partial charge in [0.2, 0.25) is 0 Å². The number of nitrogens with one attached hydrogen (secondary N) is 2. The minimum absolute atomic E-state index is 0.117. The zero-order chi connectivity index (χ0) is 23.5. The molecule has 2 heterocycles. The van der Waals surface area contributed by atoms with Crippen LogP contribution in [0.25, 0.3) is 0 Å². The number of ether oxygens (including phenoxy) is 2. The van der Waals surface area contributed by atoms with Crippen LogP contribution in [0.5, 0.6) is 11.5 Å². The van der Waals surface area contributed by atoms with Crippen molar-refractivity contribution in [2.45, 2.75) is 19.5 Å². The van der Waals surface area contributed by atoms with Gasteiger partial charge >= 0.3 is 23.1 Å². The van der Waals surface area contributed by atoms with Gasteiger partial charge in [0.25, 0.3) is 5.69 Å². The van der Waals surface area contributed by atoms with E-state index in [9.17, 15) is 14.7 Å². The molecule has 9 nitrogen and oxygen atoms in total. The van der Waals surface area contributed by atoms with Crippen LogP contribution in [0.4, 0.5) is 11.5 Å². The Labute approximate surface area is 194 Å². The van der Waals surface area contributed by atoms with Crippen LogP contribution in [0.3, 0.4) is 0 Å². The SMILES string of the molecule is COc1ccccc1OC1=[NH+]c2c(c(=O)n(CCCO)c(=O)n2C)[NH+]1Cc1ccc(Cl)cc1. The fraction of sp³-hybridized carbons (Fsp3) is 0.261. The molecule has 0 aliphatic carbocycles. The Kier molecular flexibility index (Phi) is 6.64. The molecule has 10 heteroatoms. The molecule has 3 aromatic rings. The monoisotopic (exact) mass is 472 g/mol. The summed E-state index contributed by atoms with van der Waals surface area (Å²) in [5, 5.41) is 9.82. The maximum Gasteiger partial charge on any atom is 0.476 e. The quantitative estimate of drug-likeness (QED) is 0.429. The second kappa shape index (κ2) is 9.62. The Morgan fingerprint density at radius 1 is 1.09 bits per heavy atom. The van der Waals surface area contributed by atoms with E-state index in [1.807, 2.05) is 24.3 Å². The van der Waals surface area contributed by atoms with Gasteiger partial charge in [0, 0.05) is 23.7 Å². The average Bonchev–Trinajstić information content (AvgIpc) is 3.17. The van der Waals surface area contributed by atoms with E-state index in [1.165, 1.54) is 4.57 Å². The number of aromatic nitrogens is 2. The van der Waals surface area contributed by atoms with E-state index in [4.69, 9.17) is 21.1 Å². The van der Waals surface area contributed by atoms with Crippen molar-refractivity contribution in [1.82, 2.24) is 9.13 Å². The Hall–Kier alpha value is -3.40. The van der Waals surface area contributed by atoms with Crippen molar-refractivity contribution in [3.8, 4) is 11.5 Å². The predicted molar refractivity (Wildman–Crippen MR) is 123 cm³/mol. The molecule has 172 valence electrons. The standard InChI is InChI=1S/C23H23ClN4O5/c1-26-20-19(21(30)27(23(26)31)12-5-13-29)28(14-15-8-10-16(24)11-9-15)22(25-20)33-18-7-4-3-6-17(18)32-2/h3-4,6-11,29H,5,12-14H2,1-2H3/p+2. The average molecular weight is 473 g/mol. The summed E-state index contributed by atoms with van der Waals surface area (Å²) in [6.45, 7) is 0.363. The topological polar surface area (TPSA) is 101 Å². The van der Waals surface area contributed by atoms with E-state index in [1.54, 1.807) is 38.4 Å². The lowest BCUT2D eigenvalue weighted by molar-refractivity contribution is -0.768. The minimum Gasteiger partial charge on any atom is -0.493 e. The number of hydrogen-bond acceptors (Lipinski definition) is 5. The molecule has 0 saturated heterocycles. The third-order valence-corrected chi connectivity index (χ3v) is 5.72. The Morgan fingerprint density at radius 3 is 2.45 bits per heavy atom. The Bertz CT molecular complexity index is 1310. The number of aliphatic hydroxyl groups excluding tert-OH is 1. The molecule has 33 heavy (non-hydrogen) atoms. The maximum absolute atomic E-state index is 13.4. The molecule has 0 fully saturated rings. The molecule has 1 aliphatic heterocycles. The summed E-state index contributed by atoms with van der Waals surface area (Å²) < 4.78 is 14.1. The van der Waals surface area contributed by atoms with Crippen molar-refractivity contribution in [3.05, 3.63) is 80.0 Å². The minimum atomic E-state index is -0.468. The van der Waals surface area contributed by atoms with Gasteiger partial charge in [-0.2, -0.15) is 14.5 Å². The second-order valence-corrected chi connectivity index (χ2v) is 8.02. The normalized spacial score (nSPS) is 14.7. The number of hydrogen-bond donors (Lipinski definition) is 3. The summed E-state index contributed by atoms with van der Waals surface area (Å²) in [4.78, 5) is 30.0. The third-order valence-electron chi connectivity index (χ3n) is 5.47. The van der Waals surface area contributed by atoms with E-state index < -0.39 is 11.2 Å². The van der Waals surface area contributed by atoms with Gasteiger partial charge in [-0.3, -0.25) is 4.79 Å². The van der Waals surface area contributed by atoms with Gasteiger partial charge in [0.15, 0.2) is 11.5 Å². The summed E-state index contributed by atoms with van der Waals surface area (Å²) in [7, 11) is 3.14. The molecule has 0 bridgehead atoms. The summed E-state index contributed by atoms with van der Waals surface area (Å²) in [5.74, 6) is 1.36. The summed E-state index contributed by atoms with van der Waals surface area (Å²) in [6.07, 6.45) is 0.294. The lowest BCUT2D eigenvalue weighted by Gasteiger charge is -2.14. The molecule has 4 rings (SSSR count). The van der Waals surface area contributed by atoms with Gasteiger partial charge in [-0.15, -0.1) is 0 Å². The molecular formula is C23H25ClN4O5+2. The number of nitrogens with zero attached hydrogens (tertiary/aromatic N) is 2. The molecule has 1 unspecified atom stereocenters. The molecule has 0 radical (unpaired) electrons. The van der Waals surface area contributed by atoms with Gasteiger partial charge < -0.3 is 14.6 Å². The fourth-order valence-electron chi connectivity index (χ4n) is 3.78. The van der Waals surface area contributed by atoms with E-state index in [2.05, 4.69) is 4.99 Å². The largest absolute Gasteiger partial charge is 0.493 e. The van der Waals surface area contributed by atoms with Crippen LogP contribution in [0, 0.1) is 0 Å². The van der Waals surface area contributed by atoms with Crippen LogP contribution in [0.1, 0.15) is 12.0 Å². The van der Waals surface area contributed by atoms with E-state index in [0.29, 0.717) is 51.9 Å². The van der Waals surface area contributed by atoms with E-state index in [-0.39, 0.29) is 13.2 Å². The first kappa shape index (κ1) is 22.8. The van der Waals surface area contributed by atoms with Crippen LogP contribution in [-0.2, 0) is 20.1 Å². The number of aliphatic hydroxyl groups is 1. The van der Waals surface area contributed by atoms with Gasteiger partial charge in [0.05, 0.1) is 14.2 Å². The number of benzene rings is 2. The zero-order valence-corrected chi connectivity index (χ0v) is 19.1. The molecule has 0 spiro atoms. The van der Waals surface area contributed by atoms with Gasteiger partial charge in [-0.1, -0.05) is 35.9 Å². The van der Waals surface area contributed by atoms with Crippen molar-refractivity contribution in [2.75, 3.05) is 13.7 Å². The number of methoxy groups -OCH3 is 1. The van der Waals surface area contributed by atoms with Crippen molar-refractivity contribution in [1.29, 1.82) is 0 Å². The fourth-order valence-corrected chi connectivity index (χ4v) is 3.91. The highest BCUT2D eigenvalue weighted by molar-refractivity contribution is 6.30. The highest BCUT2D eigenvalue weighted by atomic mass is 35.5. The van der Waals surface area contributed by atoms with E-state index >= 15 is 0 Å². The highest BCUT2D eigenvalue weighted by Gasteiger charge is 2.44. The smallest absolute Gasteiger partial charge is 0.476 e. The molecule has 3 N–H and O–H groups in total. The molecule has 2 aromatic carbocycles. The number of quaternary nitrogens is 1. The van der Waals surface area contributed by atoms with Gasteiger partial charge in [-0.25, -0.2) is 9.36 Å². The summed E-state index contributed by atoms with van der Waals surface area (Å²) in [5.41, 5.74) is 0.371. The predicted octanol–water partition coefficient (Wildman–Crippen LogP) is -0.531. The third kappa shape index (κ3) is 4.43. The Morgan fingerprint density at radius 2 is 1.79 bits per heavy atom. The summed E-state index contributed by atoms with van der Waals surface area (Å²) in [6, 6.07) is 14.8. The number of rotatable bonds is 7. The molecule has 1 aliphatic rings. The molecule has 0 saturated carbocycles. The molecular weight excluding hydrogens is 448 g/mol. The van der Waals surface area contributed by atoms with Gasteiger partial charge in [-0.05, 0) is 30.7 Å². The molecule has 0 amide bonds. The lowest BCUT2D eigenvalue weighted by Crippen LogP contribution is -3.13. The molecule has 1 aromatic heterocycles. The highest BCUT2D eigenvalue weighted by Crippen LogP contribution is 2.25. The first-order valence-electron chi connectivity index (χ1n) is 10.4. The first-order chi connectivity index (χ1) is 15.9. The van der Waals surface area contributed by atoms with Crippen molar-refractivity contribution in [3.63, 3.8) is 0 Å². The summed E-state index contributed by atoms with van der Waals surface area (Å²) >= 11 is 6.04. The number of para-hydroxylation sites is 2. The van der Waals surface area contributed by atoms with Crippen LogP contribution in [0.2, 0.25) is 5.02 Å². The van der Waals surface area contributed by atoms with Crippen LogP contribution < -0.4 is 30.6 Å². The van der Waals surface area contributed by atoms with Gasteiger partial charge in [0.1, 0.15) is 6.54 Å². The van der Waals surface area contributed by atoms with Crippen molar-refractivity contribution < 1.29 is 24.5 Å². The number of amidine groups is 1. The number of fused-ring (bicyclic) bond motifs is 1. The lowest BCUT2D eigenvalue weighted by atomic mass is 10.2.